The third kappa shape index (κ3) is 5.75. The number of sulfonamides is 1. The lowest BCUT2D eigenvalue weighted by Gasteiger charge is -2.35. The van der Waals surface area contributed by atoms with Gasteiger partial charge in [-0.1, -0.05) is 0 Å². The van der Waals surface area contributed by atoms with Crippen LogP contribution in [0.1, 0.15) is 49.9 Å². The van der Waals surface area contributed by atoms with Gasteiger partial charge in [0, 0.05) is 56.5 Å². The van der Waals surface area contributed by atoms with Crippen LogP contribution in [0.3, 0.4) is 0 Å². The molecule has 1 aliphatic carbocycles. The van der Waals surface area contributed by atoms with E-state index in [0.29, 0.717) is 29.0 Å². The van der Waals surface area contributed by atoms with E-state index in [9.17, 15) is 18.3 Å². The van der Waals surface area contributed by atoms with Crippen LogP contribution in [0.4, 0.5) is 17.1 Å². The fraction of sp³-hybridized carbons (Fsp3) is 0.516. The van der Waals surface area contributed by atoms with Crippen LogP contribution in [0.15, 0.2) is 47.5 Å². The van der Waals surface area contributed by atoms with Crippen LogP contribution in [-0.2, 0) is 21.8 Å². The number of aliphatic hydroxyl groups excluding tert-OH is 1. The number of aromatic nitrogens is 1. The van der Waals surface area contributed by atoms with Gasteiger partial charge in [0.2, 0.25) is 10.0 Å². The first-order valence-electron chi connectivity index (χ1n) is 14.9. The molecule has 6 rings (SSSR count). The number of morpholine rings is 1. The summed E-state index contributed by atoms with van der Waals surface area (Å²) in [4.78, 5) is 18.4. The number of aliphatic hydroxyl groups is 1. The first-order chi connectivity index (χ1) is 20.1. The minimum atomic E-state index is -3.88. The molecule has 2 aliphatic heterocycles. The summed E-state index contributed by atoms with van der Waals surface area (Å²) in [5.74, 6) is -0.283. The minimum Gasteiger partial charge on any atom is -0.395 e. The van der Waals surface area contributed by atoms with Crippen LogP contribution in [-0.4, -0.2) is 75.5 Å². The average molecular weight is 596 g/mol. The molecule has 3 N–H and O–H groups in total. The summed E-state index contributed by atoms with van der Waals surface area (Å²) in [6, 6.07) is 10.1. The van der Waals surface area contributed by atoms with E-state index in [-0.39, 0.29) is 23.5 Å². The Morgan fingerprint density at radius 3 is 2.52 bits per heavy atom. The molecule has 2 aromatic carbocycles. The second-order valence-corrected chi connectivity index (χ2v) is 14.0. The topological polar surface area (TPSA) is 116 Å². The molecular weight excluding hydrogens is 554 g/mol. The van der Waals surface area contributed by atoms with Crippen LogP contribution >= 0.6 is 0 Å². The number of rotatable bonds is 8. The smallest absolute Gasteiger partial charge is 0.257 e. The van der Waals surface area contributed by atoms with Crippen molar-refractivity contribution >= 4 is 43.9 Å². The fourth-order valence-corrected chi connectivity index (χ4v) is 7.62. The SMILES string of the molecule is C[C@@H]1CN(c2cc(NC(=O)c3ccc(S(=O)(=O)N[C@@H](C)CO)cc3N3CCC4(CC3)CC4)cc3ccn(C)c23)CCO1. The molecule has 10 nitrogen and oxygen atoms in total. The molecule has 1 saturated carbocycles. The predicted molar refractivity (Wildman–Crippen MR) is 165 cm³/mol. The third-order valence-corrected chi connectivity index (χ3v) is 10.7. The zero-order chi connectivity index (χ0) is 29.6. The van der Waals surface area contributed by atoms with Crippen LogP contribution in [0, 0.1) is 5.41 Å². The Morgan fingerprint density at radius 2 is 1.83 bits per heavy atom. The Hall–Kier alpha value is -3.12. The number of hydrogen-bond donors (Lipinski definition) is 3. The van der Waals surface area contributed by atoms with E-state index in [2.05, 4.69) is 31.3 Å². The first-order valence-corrected chi connectivity index (χ1v) is 16.3. The number of benzene rings is 2. The lowest BCUT2D eigenvalue weighted by Crippen LogP contribution is -2.41. The van der Waals surface area contributed by atoms with Crippen molar-refractivity contribution in [3.63, 3.8) is 0 Å². The maximum absolute atomic E-state index is 13.9. The molecule has 226 valence electrons. The zero-order valence-electron chi connectivity index (χ0n) is 24.6. The van der Waals surface area contributed by atoms with E-state index in [1.807, 2.05) is 31.4 Å². The molecule has 3 aliphatic rings. The van der Waals surface area contributed by atoms with Crippen LogP contribution in [0.2, 0.25) is 0 Å². The Bertz CT molecular complexity index is 1590. The van der Waals surface area contributed by atoms with Gasteiger partial charge >= 0.3 is 0 Å². The molecule has 3 aromatic rings. The van der Waals surface area contributed by atoms with Crippen LogP contribution in [0.25, 0.3) is 10.9 Å². The molecule has 0 radical (unpaired) electrons. The van der Waals surface area contributed by atoms with Gasteiger partial charge in [-0.15, -0.1) is 0 Å². The van der Waals surface area contributed by atoms with Gasteiger partial charge < -0.3 is 29.5 Å². The highest BCUT2D eigenvalue weighted by atomic mass is 32.2. The molecule has 2 saturated heterocycles. The summed E-state index contributed by atoms with van der Waals surface area (Å²) in [5.41, 5.74) is 4.31. The lowest BCUT2D eigenvalue weighted by molar-refractivity contribution is 0.0533. The van der Waals surface area contributed by atoms with Gasteiger partial charge in [0.15, 0.2) is 0 Å². The largest absolute Gasteiger partial charge is 0.395 e. The second kappa shape index (κ2) is 11.2. The molecule has 11 heteroatoms. The third-order valence-electron chi connectivity index (χ3n) is 9.07. The van der Waals surface area contributed by atoms with Gasteiger partial charge in [0.25, 0.3) is 5.91 Å². The van der Waals surface area contributed by atoms with Gasteiger partial charge in [0.05, 0.1) is 46.7 Å². The van der Waals surface area contributed by atoms with Crippen LogP contribution < -0.4 is 19.8 Å². The van der Waals surface area contributed by atoms with Crippen molar-refractivity contribution in [3.05, 3.63) is 48.2 Å². The monoisotopic (exact) mass is 595 g/mol. The zero-order valence-corrected chi connectivity index (χ0v) is 25.4. The van der Waals surface area contributed by atoms with Gasteiger partial charge in [-0.2, -0.15) is 0 Å². The lowest BCUT2D eigenvalue weighted by atomic mass is 9.93. The molecule has 0 bridgehead atoms. The van der Waals surface area contributed by atoms with Crippen LogP contribution in [0.5, 0.6) is 0 Å². The number of ether oxygens (including phenoxy) is 1. The number of nitrogens with one attached hydrogen (secondary N) is 2. The highest BCUT2D eigenvalue weighted by Gasteiger charge is 2.44. The number of aryl methyl sites for hydroxylation is 1. The van der Waals surface area contributed by atoms with Gasteiger partial charge in [0.1, 0.15) is 0 Å². The number of fused-ring (bicyclic) bond motifs is 1. The summed E-state index contributed by atoms with van der Waals surface area (Å²) in [6.07, 6.45) is 6.71. The Morgan fingerprint density at radius 1 is 1.07 bits per heavy atom. The molecule has 1 amide bonds. The molecule has 42 heavy (non-hydrogen) atoms. The molecular formula is C31H41N5O5S. The maximum Gasteiger partial charge on any atom is 0.257 e. The van der Waals surface area contributed by atoms with E-state index < -0.39 is 16.1 Å². The number of hydrogen-bond acceptors (Lipinski definition) is 7. The molecule has 1 aromatic heterocycles. The molecule has 1 spiro atoms. The summed E-state index contributed by atoms with van der Waals surface area (Å²) in [6.45, 7) is 7.09. The van der Waals surface area contributed by atoms with Crippen molar-refractivity contribution in [1.82, 2.24) is 9.29 Å². The Labute approximate surface area is 247 Å². The highest BCUT2D eigenvalue weighted by Crippen LogP contribution is 2.54. The van der Waals surface area contributed by atoms with Crippen molar-refractivity contribution in [3.8, 4) is 0 Å². The van der Waals surface area contributed by atoms with Crippen molar-refractivity contribution in [1.29, 1.82) is 0 Å². The molecule has 2 atom stereocenters. The Balaban J connectivity index is 1.33. The number of anilines is 3. The van der Waals surface area contributed by atoms with Crippen molar-refractivity contribution in [2.45, 2.75) is 56.6 Å². The average Bonchev–Trinajstić information content (AvgIpc) is 3.62. The highest BCUT2D eigenvalue weighted by molar-refractivity contribution is 7.89. The van der Waals surface area contributed by atoms with Crippen molar-refractivity contribution in [2.75, 3.05) is 54.5 Å². The first kappa shape index (κ1) is 29.0. The number of nitrogens with zero attached hydrogens (tertiary/aromatic N) is 3. The summed E-state index contributed by atoms with van der Waals surface area (Å²) in [5, 5.41) is 13.6. The Kier molecular flexibility index (Phi) is 7.71. The summed E-state index contributed by atoms with van der Waals surface area (Å²) < 4.78 is 36.6. The van der Waals surface area contributed by atoms with E-state index in [4.69, 9.17) is 4.74 Å². The van der Waals surface area contributed by atoms with E-state index in [0.717, 1.165) is 55.6 Å². The standard InChI is InChI=1S/C31H41N5O5S/c1-21(20-37)33-42(39,40)25-4-5-26(27(18-25)35-12-9-31(7-8-31)10-13-35)30(38)32-24-16-23-6-11-34(3)29(23)28(17-24)36-14-15-41-22(2)19-36/h4-6,11,16-18,21-22,33,37H,7-10,12-15,19-20H2,1-3H3,(H,32,38)/t21-,22+/m0/s1. The minimum absolute atomic E-state index is 0.0792. The van der Waals surface area contributed by atoms with Crippen molar-refractivity contribution in [2.24, 2.45) is 12.5 Å². The number of piperidine rings is 1. The van der Waals surface area contributed by atoms with Crippen molar-refractivity contribution < 1.29 is 23.1 Å². The number of amides is 1. The summed E-state index contributed by atoms with van der Waals surface area (Å²) >= 11 is 0. The summed E-state index contributed by atoms with van der Waals surface area (Å²) in [7, 11) is -1.85. The maximum atomic E-state index is 13.9. The van der Waals surface area contributed by atoms with E-state index >= 15 is 0 Å². The van der Waals surface area contributed by atoms with Gasteiger partial charge in [-0.05, 0) is 81.3 Å². The van der Waals surface area contributed by atoms with E-state index in [1.54, 1.807) is 19.1 Å². The molecule has 3 fully saturated rings. The normalized spacial score (nSPS) is 21.1. The van der Waals surface area contributed by atoms with Gasteiger partial charge in [-0.3, -0.25) is 4.79 Å². The van der Waals surface area contributed by atoms with E-state index in [1.165, 1.54) is 18.9 Å². The number of carbonyl (C=O) groups is 1. The van der Waals surface area contributed by atoms with Gasteiger partial charge in [-0.25, -0.2) is 13.1 Å². The molecule has 3 heterocycles. The fourth-order valence-electron chi connectivity index (χ4n) is 6.37. The second-order valence-electron chi connectivity index (χ2n) is 12.3. The predicted octanol–water partition coefficient (Wildman–Crippen LogP) is 3.70. The quantitative estimate of drug-likeness (QED) is 0.364. The number of carbonyl (C=O) groups excluding carboxylic acids is 1. The molecule has 0 unspecified atom stereocenters.